The average Bonchev–Trinajstić information content (AvgIpc) is 2.46. The topological polar surface area (TPSA) is 91.5 Å². The largest absolute Gasteiger partial charge is 0.396 e. The molecule has 1 heterocycles. The van der Waals surface area contributed by atoms with E-state index in [4.69, 9.17) is 10.9 Å². The highest BCUT2D eigenvalue weighted by atomic mass is 16.3. The third-order valence-electron chi connectivity index (χ3n) is 3.27. The molecule has 6 nitrogen and oxygen atoms in total. The summed E-state index contributed by atoms with van der Waals surface area (Å²) < 4.78 is 0. The minimum Gasteiger partial charge on any atom is -0.396 e. The van der Waals surface area contributed by atoms with Crippen LogP contribution in [0.5, 0.6) is 0 Å². The Morgan fingerprint density at radius 1 is 1.38 bits per heavy atom. The van der Waals surface area contributed by atoms with Crippen molar-refractivity contribution in [2.75, 3.05) is 18.6 Å². The van der Waals surface area contributed by atoms with Gasteiger partial charge in [-0.05, 0) is 38.3 Å². The molecular formula is C15H26N4O2. The molecule has 0 aliphatic carbocycles. The van der Waals surface area contributed by atoms with E-state index >= 15 is 0 Å². The number of amides is 1. The van der Waals surface area contributed by atoms with Crippen LogP contribution >= 0.6 is 0 Å². The molecular weight excluding hydrogens is 268 g/mol. The van der Waals surface area contributed by atoms with Crippen LogP contribution in [-0.2, 0) is 0 Å². The lowest BCUT2D eigenvalue weighted by molar-refractivity contribution is 0.0693. The van der Waals surface area contributed by atoms with Crippen LogP contribution in [0, 0.1) is 0 Å². The molecule has 0 atom stereocenters. The Morgan fingerprint density at radius 2 is 2.05 bits per heavy atom. The molecule has 4 N–H and O–H groups in total. The molecule has 0 aromatic carbocycles. The Hall–Kier alpha value is -1.66. The lowest BCUT2D eigenvalue weighted by atomic mass is 10.1. The Balaban J connectivity index is 3.11. The van der Waals surface area contributed by atoms with Crippen LogP contribution in [0.2, 0.25) is 0 Å². The Morgan fingerprint density at radius 3 is 2.52 bits per heavy atom. The van der Waals surface area contributed by atoms with Gasteiger partial charge in [-0.2, -0.15) is 0 Å². The first-order chi connectivity index (χ1) is 9.90. The molecule has 1 rings (SSSR count). The number of nitrogens with one attached hydrogen (secondary N) is 1. The van der Waals surface area contributed by atoms with Crippen LogP contribution in [-0.4, -0.2) is 40.1 Å². The maximum absolute atomic E-state index is 12.7. The molecule has 0 spiro atoms. The zero-order valence-corrected chi connectivity index (χ0v) is 13.3. The number of pyridine rings is 1. The number of aliphatic hydroxyl groups excluding tert-OH is 1. The lowest BCUT2D eigenvalue weighted by Crippen LogP contribution is -2.38. The first-order valence-electron chi connectivity index (χ1n) is 7.31. The SMILES string of the molecule is CC(C)c1cc(C(=O)N(CCCO)C(C)C)cc(NN)n1. The summed E-state index contributed by atoms with van der Waals surface area (Å²) in [5.41, 5.74) is 3.89. The second-order valence-electron chi connectivity index (χ2n) is 5.63. The van der Waals surface area contributed by atoms with Gasteiger partial charge in [-0.3, -0.25) is 4.79 Å². The maximum Gasteiger partial charge on any atom is 0.254 e. The van der Waals surface area contributed by atoms with Crippen molar-refractivity contribution < 1.29 is 9.90 Å². The van der Waals surface area contributed by atoms with Crippen LogP contribution in [0.1, 0.15) is 56.1 Å². The molecule has 0 fully saturated rings. The smallest absolute Gasteiger partial charge is 0.254 e. The van der Waals surface area contributed by atoms with Crippen molar-refractivity contribution in [2.24, 2.45) is 5.84 Å². The Labute approximate surface area is 126 Å². The van der Waals surface area contributed by atoms with Crippen LogP contribution in [0.3, 0.4) is 0 Å². The van der Waals surface area contributed by atoms with E-state index in [0.29, 0.717) is 24.3 Å². The second kappa shape index (κ2) is 7.95. The molecule has 1 aromatic heterocycles. The van der Waals surface area contributed by atoms with E-state index in [1.807, 2.05) is 33.8 Å². The third kappa shape index (κ3) is 4.68. The molecule has 1 aromatic rings. The van der Waals surface area contributed by atoms with Crippen molar-refractivity contribution in [3.8, 4) is 0 Å². The molecule has 0 saturated heterocycles. The molecule has 0 radical (unpaired) electrons. The number of hydrazine groups is 1. The van der Waals surface area contributed by atoms with Crippen LogP contribution in [0.15, 0.2) is 12.1 Å². The molecule has 0 aliphatic rings. The van der Waals surface area contributed by atoms with Crippen molar-refractivity contribution in [1.82, 2.24) is 9.88 Å². The highest BCUT2D eigenvalue weighted by Gasteiger charge is 2.20. The van der Waals surface area contributed by atoms with Gasteiger partial charge in [0.15, 0.2) is 0 Å². The summed E-state index contributed by atoms with van der Waals surface area (Å²) in [7, 11) is 0. The first kappa shape index (κ1) is 17.4. The molecule has 118 valence electrons. The number of hydrogen-bond donors (Lipinski definition) is 3. The summed E-state index contributed by atoms with van der Waals surface area (Å²) in [6.45, 7) is 8.55. The van der Waals surface area contributed by atoms with Crippen molar-refractivity contribution in [1.29, 1.82) is 0 Å². The number of aliphatic hydroxyl groups is 1. The zero-order chi connectivity index (χ0) is 16.0. The van der Waals surface area contributed by atoms with E-state index in [2.05, 4.69) is 10.4 Å². The standard InChI is InChI=1S/C15H26N4O2/c1-10(2)13-8-12(9-14(17-13)18-16)15(21)19(11(3)4)6-5-7-20/h8-11,20H,5-7,16H2,1-4H3,(H,17,18). The maximum atomic E-state index is 12.7. The molecule has 0 saturated carbocycles. The fourth-order valence-corrected chi connectivity index (χ4v) is 2.05. The fourth-order valence-electron chi connectivity index (χ4n) is 2.05. The summed E-state index contributed by atoms with van der Waals surface area (Å²) in [5.74, 6) is 6.05. The van der Waals surface area contributed by atoms with Gasteiger partial charge in [0.05, 0.1) is 0 Å². The van der Waals surface area contributed by atoms with E-state index in [-0.39, 0.29) is 24.5 Å². The summed E-state index contributed by atoms with van der Waals surface area (Å²) in [6.07, 6.45) is 0.564. The number of anilines is 1. The van der Waals surface area contributed by atoms with E-state index in [0.717, 1.165) is 5.69 Å². The van der Waals surface area contributed by atoms with E-state index < -0.39 is 0 Å². The second-order valence-corrected chi connectivity index (χ2v) is 5.63. The summed E-state index contributed by atoms with van der Waals surface area (Å²) in [6, 6.07) is 3.53. The molecule has 6 heteroatoms. The van der Waals surface area contributed by atoms with Crippen LogP contribution < -0.4 is 11.3 Å². The number of rotatable bonds is 7. The van der Waals surface area contributed by atoms with Gasteiger partial charge in [0.25, 0.3) is 5.91 Å². The minimum absolute atomic E-state index is 0.0639. The molecule has 1 amide bonds. The Kier molecular flexibility index (Phi) is 6.58. The van der Waals surface area contributed by atoms with Gasteiger partial charge in [0, 0.05) is 30.5 Å². The summed E-state index contributed by atoms with van der Waals surface area (Å²) in [4.78, 5) is 18.8. The van der Waals surface area contributed by atoms with Crippen LogP contribution in [0.4, 0.5) is 5.82 Å². The number of carbonyl (C=O) groups is 1. The number of nitrogens with zero attached hydrogens (tertiary/aromatic N) is 2. The van der Waals surface area contributed by atoms with Gasteiger partial charge < -0.3 is 15.4 Å². The number of nitrogens with two attached hydrogens (primary N) is 1. The van der Waals surface area contributed by atoms with Crippen molar-refractivity contribution in [3.05, 3.63) is 23.4 Å². The average molecular weight is 294 g/mol. The van der Waals surface area contributed by atoms with E-state index in [1.54, 1.807) is 11.0 Å². The fraction of sp³-hybridized carbons (Fsp3) is 0.600. The Bertz CT molecular complexity index is 475. The highest BCUT2D eigenvalue weighted by molar-refractivity contribution is 5.95. The number of nitrogen functional groups attached to an aromatic ring is 1. The highest BCUT2D eigenvalue weighted by Crippen LogP contribution is 2.19. The summed E-state index contributed by atoms with van der Waals surface area (Å²) >= 11 is 0. The number of carbonyl (C=O) groups excluding carboxylic acids is 1. The molecule has 21 heavy (non-hydrogen) atoms. The molecule has 0 aliphatic heterocycles. The van der Waals surface area contributed by atoms with Gasteiger partial charge in [-0.25, -0.2) is 10.8 Å². The minimum atomic E-state index is -0.0701. The van der Waals surface area contributed by atoms with Gasteiger partial charge >= 0.3 is 0 Å². The molecule has 0 bridgehead atoms. The van der Waals surface area contributed by atoms with Gasteiger partial charge in [0.2, 0.25) is 0 Å². The third-order valence-corrected chi connectivity index (χ3v) is 3.27. The normalized spacial score (nSPS) is 11.0. The van der Waals surface area contributed by atoms with Gasteiger partial charge in [-0.1, -0.05) is 13.8 Å². The number of hydrogen-bond acceptors (Lipinski definition) is 5. The first-order valence-corrected chi connectivity index (χ1v) is 7.31. The predicted octanol–water partition coefficient (Wildman–Crippen LogP) is 1.72. The number of aromatic nitrogens is 1. The van der Waals surface area contributed by atoms with Gasteiger partial charge in [0.1, 0.15) is 5.82 Å². The quantitative estimate of drug-likeness (QED) is 0.526. The predicted molar refractivity (Wildman–Crippen MR) is 84.0 cm³/mol. The van der Waals surface area contributed by atoms with E-state index in [1.165, 1.54) is 0 Å². The van der Waals surface area contributed by atoms with Crippen molar-refractivity contribution in [2.45, 2.75) is 46.1 Å². The van der Waals surface area contributed by atoms with E-state index in [9.17, 15) is 4.79 Å². The lowest BCUT2D eigenvalue weighted by Gasteiger charge is -2.27. The van der Waals surface area contributed by atoms with Gasteiger partial charge in [-0.15, -0.1) is 0 Å². The van der Waals surface area contributed by atoms with Crippen LogP contribution in [0.25, 0.3) is 0 Å². The monoisotopic (exact) mass is 294 g/mol. The van der Waals surface area contributed by atoms with Crippen molar-refractivity contribution >= 4 is 11.7 Å². The molecule has 0 unspecified atom stereocenters. The van der Waals surface area contributed by atoms with Crippen molar-refractivity contribution in [3.63, 3.8) is 0 Å². The zero-order valence-electron chi connectivity index (χ0n) is 13.3. The summed E-state index contributed by atoms with van der Waals surface area (Å²) in [5, 5.41) is 8.97.